The quantitative estimate of drug-likeness (QED) is 0.623. The highest BCUT2D eigenvalue weighted by Gasteiger charge is 2.30. The minimum absolute atomic E-state index is 0.157. The number of rotatable bonds is 5. The lowest BCUT2D eigenvalue weighted by Gasteiger charge is -2.27. The SMILES string of the molecule is Cc1nc(N2CCNCC2)nc2ccc(NC(=O)COc3ccc(C(F)(F)F)cc3)nc12. The summed E-state index contributed by atoms with van der Waals surface area (Å²) in [5.74, 6) is 0.622. The van der Waals surface area contributed by atoms with E-state index in [2.05, 4.69) is 30.5 Å². The molecule has 1 aliphatic heterocycles. The summed E-state index contributed by atoms with van der Waals surface area (Å²) in [6.45, 7) is 4.86. The molecule has 0 aliphatic carbocycles. The Morgan fingerprint density at radius 3 is 2.50 bits per heavy atom. The minimum atomic E-state index is -4.43. The molecule has 0 unspecified atom stereocenters. The number of piperazine rings is 1. The summed E-state index contributed by atoms with van der Waals surface area (Å²) in [6, 6.07) is 7.52. The number of pyridine rings is 1. The number of benzene rings is 1. The zero-order valence-electron chi connectivity index (χ0n) is 17.2. The van der Waals surface area contributed by atoms with Crippen LogP contribution in [0, 0.1) is 6.92 Å². The van der Waals surface area contributed by atoms with Gasteiger partial charge in [0.1, 0.15) is 17.1 Å². The molecule has 1 amide bonds. The summed E-state index contributed by atoms with van der Waals surface area (Å²) in [5.41, 5.74) is 1.16. The van der Waals surface area contributed by atoms with E-state index >= 15 is 0 Å². The number of carbonyl (C=O) groups is 1. The molecule has 2 N–H and O–H groups in total. The van der Waals surface area contributed by atoms with Gasteiger partial charge in [0, 0.05) is 26.2 Å². The molecule has 3 aromatic rings. The first-order valence-electron chi connectivity index (χ1n) is 10.0. The van der Waals surface area contributed by atoms with Gasteiger partial charge in [-0.1, -0.05) is 0 Å². The zero-order chi connectivity index (χ0) is 22.7. The second-order valence-corrected chi connectivity index (χ2v) is 7.27. The molecule has 3 heterocycles. The normalized spacial score (nSPS) is 14.4. The van der Waals surface area contributed by atoms with Crippen molar-refractivity contribution < 1.29 is 22.7 Å². The van der Waals surface area contributed by atoms with E-state index < -0.39 is 17.6 Å². The van der Waals surface area contributed by atoms with Crippen LogP contribution in [0.4, 0.5) is 24.9 Å². The fourth-order valence-electron chi connectivity index (χ4n) is 3.29. The van der Waals surface area contributed by atoms with Crippen LogP contribution in [0.2, 0.25) is 0 Å². The Bertz CT molecular complexity index is 1110. The Morgan fingerprint density at radius 2 is 1.81 bits per heavy atom. The summed E-state index contributed by atoms with van der Waals surface area (Å²) in [7, 11) is 0. The Kier molecular flexibility index (Phi) is 6.08. The molecule has 2 aromatic heterocycles. The van der Waals surface area contributed by atoms with Gasteiger partial charge in [-0.2, -0.15) is 13.2 Å². The fraction of sp³-hybridized carbons (Fsp3) is 0.333. The average Bonchev–Trinajstić information content (AvgIpc) is 2.78. The van der Waals surface area contributed by atoms with Gasteiger partial charge in [-0.05, 0) is 43.3 Å². The molecule has 0 bridgehead atoms. The highest BCUT2D eigenvalue weighted by Crippen LogP contribution is 2.30. The fourth-order valence-corrected chi connectivity index (χ4v) is 3.29. The molecule has 0 spiro atoms. The summed E-state index contributed by atoms with van der Waals surface area (Å²) < 4.78 is 43.1. The van der Waals surface area contributed by atoms with Crippen molar-refractivity contribution in [1.82, 2.24) is 20.3 Å². The van der Waals surface area contributed by atoms with Gasteiger partial charge >= 0.3 is 6.18 Å². The van der Waals surface area contributed by atoms with Crippen LogP contribution in [0.15, 0.2) is 36.4 Å². The molecule has 32 heavy (non-hydrogen) atoms. The second kappa shape index (κ2) is 8.95. The molecule has 0 radical (unpaired) electrons. The second-order valence-electron chi connectivity index (χ2n) is 7.27. The first kappa shape index (κ1) is 21.8. The first-order chi connectivity index (χ1) is 15.3. The molecular formula is C21H21F3N6O2. The number of hydrogen-bond acceptors (Lipinski definition) is 7. The first-order valence-corrected chi connectivity index (χ1v) is 10.0. The van der Waals surface area contributed by atoms with Gasteiger partial charge in [0.25, 0.3) is 5.91 Å². The van der Waals surface area contributed by atoms with Gasteiger partial charge < -0.3 is 20.3 Å². The van der Waals surface area contributed by atoms with Crippen LogP contribution in [-0.4, -0.2) is 53.6 Å². The van der Waals surface area contributed by atoms with Gasteiger partial charge in [0.2, 0.25) is 5.95 Å². The molecule has 1 saturated heterocycles. The summed E-state index contributed by atoms with van der Waals surface area (Å²) in [6.07, 6.45) is -4.43. The maximum atomic E-state index is 12.6. The Balaban J connectivity index is 1.40. The molecule has 1 aromatic carbocycles. The zero-order valence-corrected chi connectivity index (χ0v) is 17.2. The molecule has 168 valence electrons. The summed E-state index contributed by atoms with van der Waals surface area (Å²) >= 11 is 0. The number of ether oxygens (including phenoxy) is 1. The Labute approximate surface area is 181 Å². The summed E-state index contributed by atoms with van der Waals surface area (Å²) in [4.78, 5) is 27.9. The van der Waals surface area contributed by atoms with Gasteiger partial charge in [-0.25, -0.2) is 15.0 Å². The highest BCUT2D eigenvalue weighted by molar-refractivity contribution is 5.92. The van der Waals surface area contributed by atoms with Crippen LogP contribution in [0.5, 0.6) is 5.75 Å². The maximum Gasteiger partial charge on any atom is 0.416 e. The van der Waals surface area contributed by atoms with E-state index in [0.29, 0.717) is 28.5 Å². The smallest absolute Gasteiger partial charge is 0.416 e. The number of aromatic nitrogens is 3. The number of nitrogens with zero attached hydrogens (tertiary/aromatic N) is 4. The van der Waals surface area contributed by atoms with Crippen LogP contribution >= 0.6 is 0 Å². The lowest BCUT2D eigenvalue weighted by Crippen LogP contribution is -2.44. The van der Waals surface area contributed by atoms with Crippen LogP contribution in [0.25, 0.3) is 11.0 Å². The van der Waals surface area contributed by atoms with Crippen LogP contribution < -0.4 is 20.3 Å². The van der Waals surface area contributed by atoms with E-state index in [0.717, 1.165) is 38.3 Å². The van der Waals surface area contributed by atoms with Crippen LogP contribution in [0.1, 0.15) is 11.3 Å². The third-order valence-electron chi connectivity index (χ3n) is 4.92. The van der Waals surface area contributed by atoms with Crippen molar-refractivity contribution >= 4 is 28.7 Å². The number of halogens is 3. The third kappa shape index (κ3) is 5.05. The van der Waals surface area contributed by atoms with Crippen molar-refractivity contribution in [3.63, 3.8) is 0 Å². The predicted octanol–water partition coefficient (Wildman–Crippen LogP) is 2.78. The van der Waals surface area contributed by atoms with Crippen molar-refractivity contribution in [1.29, 1.82) is 0 Å². The number of hydrogen-bond donors (Lipinski definition) is 2. The van der Waals surface area contributed by atoms with Gasteiger partial charge in [-0.15, -0.1) is 0 Å². The standard InChI is InChI=1S/C21H21F3N6O2/c1-13-19-16(27-20(26-13)30-10-8-25-9-11-30)6-7-17(29-19)28-18(31)12-32-15-4-2-14(3-5-15)21(22,23)24/h2-7,25H,8-12H2,1H3,(H,28,29,31). The van der Waals surface area contributed by atoms with Crippen LogP contribution in [-0.2, 0) is 11.0 Å². The van der Waals surface area contributed by atoms with E-state index in [4.69, 9.17) is 4.74 Å². The van der Waals surface area contributed by atoms with E-state index in [1.54, 1.807) is 12.1 Å². The highest BCUT2D eigenvalue weighted by atomic mass is 19.4. The molecule has 0 saturated carbocycles. The molecule has 8 nitrogen and oxygen atoms in total. The van der Waals surface area contributed by atoms with Crippen molar-refractivity contribution in [3.8, 4) is 5.75 Å². The van der Waals surface area contributed by atoms with Gasteiger partial charge in [0.15, 0.2) is 6.61 Å². The molecule has 11 heteroatoms. The lowest BCUT2D eigenvalue weighted by atomic mass is 10.2. The third-order valence-corrected chi connectivity index (χ3v) is 4.92. The van der Waals surface area contributed by atoms with Crippen molar-refractivity contribution in [2.45, 2.75) is 13.1 Å². The van der Waals surface area contributed by atoms with Gasteiger partial charge in [0.05, 0.1) is 16.8 Å². The molecular weight excluding hydrogens is 425 g/mol. The van der Waals surface area contributed by atoms with Gasteiger partial charge in [-0.3, -0.25) is 4.79 Å². The Hall–Kier alpha value is -3.47. The van der Waals surface area contributed by atoms with E-state index in [1.165, 1.54) is 12.1 Å². The number of nitrogens with one attached hydrogen (secondary N) is 2. The molecule has 0 atom stereocenters. The number of amides is 1. The lowest BCUT2D eigenvalue weighted by molar-refractivity contribution is -0.137. The van der Waals surface area contributed by atoms with Crippen molar-refractivity contribution in [2.75, 3.05) is 43.0 Å². The molecule has 4 rings (SSSR count). The minimum Gasteiger partial charge on any atom is -0.484 e. The average molecular weight is 446 g/mol. The van der Waals surface area contributed by atoms with E-state index in [1.807, 2.05) is 6.92 Å². The molecule has 1 fully saturated rings. The Morgan fingerprint density at radius 1 is 1.09 bits per heavy atom. The van der Waals surface area contributed by atoms with E-state index in [-0.39, 0.29) is 12.4 Å². The molecule has 1 aliphatic rings. The van der Waals surface area contributed by atoms with Crippen LogP contribution in [0.3, 0.4) is 0 Å². The number of fused-ring (bicyclic) bond motifs is 1. The largest absolute Gasteiger partial charge is 0.484 e. The van der Waals surface area contributed by atoms with Crippen molar-refractivity contribution in [3.05, 3.63) is 47.7 Å². The number of carbonyl (C=O) groups excluding carboxylic acids is 1. The monoisotopic (exact) mass is 446 g/mol. The number of aryl methyl sites for hydroxylation is 1. The topological polar surface area (TPSA) is 92.3 Å². The maximum absolute atomic E-state index is 12.6. The number of anilines is 2. The predicted molar refractivity (Wildman–Crippen MR) is 113 cm³/mol. The number of alkyl halides is 3. The van der Waals surface area contributed by atoms with E-state index in [9.17, 15) is 18.0 Å². The van der Waals surface area contributed by atoms with Crippen molar-refractivity contribution in [2.24, 2.45) is 0 Å². The summed E-state index contributed by atoms with van der Waals surface area (Å²) in [5, 5.41) is 5.90.